The molecular formula is C15H21N3O2. The van der Waals surface area contributed by atoms with E-state index in [1.807, 2.05) is 0 Å². The Morgan fingerprint density at radius 1 is 1.25 bits per heavy atom. The van der Waals surface area contributed by atoms with Gasteiger partial charge in [0.05, 0.1) is 5.92 Å². The smallest absolute Gasteiger partial charge is 0.229 e. The van der Waals surface area contributed by atoms with Crippen LogP contribution < -0.4 is 16.4 Å². The fourth-order valence-electron chi connectivity index (χ4n) is 2.47. The fraction of sp³-hybridized carbons (Fsp3) is 0.467. The van der Waals surface area contributed by atoms with E-state index < -0.39 is 0 Å². The summed E-state index contributed by atoms with van der Waals surface area (Å²) in [5.41, 5.74) is 7.30. The van der Waals surface area contributed by atoms with Gasteiger partial charge in [-0.15, -0.1) is 0 Å². The fourth-order valence-corrected chi connectivity index (χ4v) is 2.47. The van der Waals surface area contributed by atoms with Crippen molar-refractivity contribution in [2.45, 2.75) is 38.6 Å². The molecule has 5 heteroatoms. The summed E-state index contributed by atoms with van der Waals surface area (Å²) in [6.45, 7) is 1.79. The van der Waals surface area contributed by atoms with Crippen LogP contribution >= 0.6 is 0 Å². The summed E-state index contributed by atoms with van der Waals surface area (Å²) in [4.78, 5) is 23.5. The molecule has 0 bridgehead atoms. The van der Waals surface area contributed by atoms with Crippen molar-refractivity contribution in [1.82, 2.24) is 0 Å². The summed E-state index contributed by atoms with van der Waals surface area (Å²) in [6, 6.07) is 7.12. The first-order valence-electron chi connectivity index (χ1n) is 7.06. The molecule has 20 heavy (non-hydrogen) atoms. The number of nitrogens with one attached hydrogen (secondary N) is 2. The average molecular weight is 275 g/mol. The third kappa shape index (κ3) is 3.57. The largest absolute Gasteiger partial charge is 0.327 e. The van der Waals surface area contributed by atoms with E-state index in [9.17, 15) is 9.59 Å². The van der Waals surface area contributed by atoms with Crippen molar-refractivity contribution in [3.8, 4) is 0 Å². The van der Waals surface area contributed by atoms with Gasteiger partial charge >= 0.3 is 0 Å². The Morgan fingerprint density at radius 2 is 1.95 bits per heavy atom. The molecule has 5 nitrogen and oxygen atoms in total. The molecule has 4 N–H and O–H groups in total. The van der Waals surface area contributed by atoms with Crippen molar-refractivity contribution in [2.24, 2.45) is 11.7 Å². The molecule has 0 aromatic heterocycles. The van der Waals surface area contributed by atoms with Crippen LogP contribution in [0.4, 0.5) is 11.4 Å². The molecule has 0 aliphatic heterocycles. The highest BCUT2D eigenvalue weighted by Gasteiger charge is 2.30. The van der Waals surface area contributed by atoms with Crippen molar-refractivity contribution in [3.63, 3.8) is 0 Å². The van der Waals surface area contributed by atoms with Crippen molar-refractivity contribution in [3.05, 3.63) is 24.3 Å². The third-order valence-corrected chi connectivity index (χ3v) is 3.64. The summed E-state index contributed by atoms with van der Waals surface area (Å²) in [6.07, 6.45) is 3.18. The number of hydrogen-bond acceptors (Lipinski definition) is 3. The lowest BCUT2D eigenvalue weighted by atomic mass is 10.0. The third-order valence-electron chi connectivity index (χ3n) is 3.64. The first kappa shape index (κ1) is 14.5. The zero-order chi connectivity index (χ0) is 14.5. The maximum Gasteiger partial charge on any atom is 0.229 e. The zero-order valence-corrected chi connectivity index (χ0v) is 11.7. The van der Waals surface area contributed by atoms with Gasteiger partial charge in [-0.3, -0.25) is 9.59 Å². The van der Waals surface area contributed by atoms with E-state index in [0.717, 1.165) is 19.3 Å². The number of benzene rings is 1. The van der Waals surface area contributed by atoms with Gasteiger partial charge in [-0.2, -0.15) is 0 Å². The van der Waals surface area contributed by atoms with E-state index in [-0.39, 0.29) is 23.8 Å². The summed E-state index contributed by atoms with van der Waals surface area (Å²) >= 11 is 0. The average Bonchev–Trinajstić information content (AvgIpc) is 2.85. The van der Waals surface area contributed by atoms with Gasteiger partial charge in [0.1, 0.15) is 0 Å². The van der Waals surface area contributed by atoms with Gasteiger partial charge in [0.15, 0.2) is 0 Å². The van der Waals surface area contributed by atoms with Crippen LogP contribution in [-0.4, -0.2) is 17.9 Å². The minimum Gasteiger partial charge on any atom is -0.327 e. The highest BCUT2D eigenvalue weighted by Crippen LogP contribution is 2.25. The SMILES string of the molecule is CCC(=O)Nc1cccc(NC(=O)C2CCCC2N)c1. The van der Waals surface area contributed by atoms with E-state index in [0.29, 0.717) is 17.8 Å². The maximum atomic E-state index is 12.1. The molecule has 0 radical (unpaired) electrons. The molecule has 1 aromatic carbocycles. The van der Waals surface area contributed by atoms with Crippen LogP contribution in [0.3, 0.4) is 0 Å². The van der Waals surface area contributed by atoms with Gasteiger partial charge in [0, 0.05) is 23.8 Å². The molecule has 1 aliphatic carbocycles. The predicted octanol–water partition coefficient (Wildman–Crippen LogP) is 2.10. The topological polar surface area (TPSA) is 84.2 Å². The van der Waals surface area contributed by atoms with Crippen LogP contribution in [0.1, 0.15) is 32.6 Å². The van der Waals surface area contributed by atoms with Crippen LogP contribution in [0.25, 0.3) is 0 Å². The summed E-state index contributed by atoms with van der Waals surface area (Å²) in [7, 11) is 0. The van der Waals surface area contributed by atoms with Crippen molar-refractivity contribution < 1.29 is 9.59 Å². The number of carbonyl (C=O) groups excluding carboxylic acids is 2. The normalized spacial score (nSPS) is 21.5. The lowest BCUT2D eigenvalue weighted by Crippen LogP contribution is -2.34. The van der Waals surface area contributed by atoms with E-state index >= 15 is 0 Å². The van der Waals surface area contributed by atoms with Crippen LogP contribution in [-0.2, 0) is 9.59 Å². The predicted molar refractivity (Wildman–Crippen MR) is 79.3 cm³/mol. The molecule has 2 unspecified atom stereocenters. The van der Waals surface area contributed by atoms with Crippen LogP contribution in [0.15, 0.2) is 24.3 Å². The highest BCUT2D eigenvalue weighted by molar-refractivity contribution is 5.95. The van der Waals surface area contributed by atoms with Crippen molar-refractivity contribution in [1.29, 1.82) is 0 Å². The molecule has 1 fully saturated rings. The zero-order valence-electron chi connectivity index (χ0n) is 11.7. The highest BCUT2D eigenvalue weighted by atomic mass is 16.2. The minimum atomic E-state index is -0.108. The van der Waals surface area contributed by atoms with Gasteiger partial charge in [0.2, 0.25) is 11.8 Å². The first-order chi connectivity index (χ1) is 9.60. The van der Waals surface area contributed by atoms with Crippen molar-refractivity contribution >= 4 is 23.2 Å². The number of carbonyl (C=O) groups is 2. The van der Waals surface area contributed by atoms with E-state index in [1.165, 1.54) is 0 Å². The quantitative estimate of drug-likeness (QED) is 0.786. The second kappa shape index (κ2) is 6.52. The van der Waals surface area contributed by atoms with Crippen LogP contribution in [0.2, 0.25) is 0 Å². The number of amides is 2. The van der Waals surface area contributed by atoms with Gasteiger partial charge in [0.25, 0.3) is 0 Å². The first-order valence-corrected chi connectivity index (χ1v) is 7.06. The minimum absolute atomic E-state index is 0.0334. The second-order valence-electron chi connectivity index (χ2n) is 5.17. The molecule has 2 atom stereocenters. The number of anilines is 2. The molecule has 1 saturated carbocycles. The molecular weight excluding hydrogens is 254 g/mol. The molecule has 2 amide bonds. The molecule has 1 aliphatic rings. The number of rotatable bonds is 4. The Bertz CT molecular complexity index is 502. The Morgan fingerprint density at radius 3 is 2.55 bits per heavy atom. The lowest BCUT2D eigenvalue weighted by molar-refractivity contribution is -0.120. The van der Waals surface area contributed by atoms with Gasteiger partial charge in [-0.25, -0.2) is 0 Å². The standard InChI is InChI=1S/C15H21N3O2/c1-2-14(19)17-10-5-3-6-11(9-10)18-15(20)12-7-4-8-13(12)16/h3,5-6,9,12-13H,2,4,7-8,16H2,1H3,(H,17,19)(H,18,20). The summed E-state index contributed by atoms with van der Waals surface area (Å²) < 4.78 is 0. The lowest BCUT2D eigenvalue weighted by Gasteiger charge is -2.15. The van der Waals surface area contributed by atoms with E-state index in [2.05, 4.69) is 10.6 Å². The molecule has 2 rings (SSSR count). The molecule has 0 spiro atoms. The van der Waals surface area contributed by atoms with E-state index in [1.54, 1.807) is 31.2 Å². The Hall–Kier alpha value is -1.88. The molecule has 1 aromatic rings. The Labute approximate surface area is 118 Å². The van der Waals surface area contributed by atoms with E-state index in [4.69, 9.17) is 5.73 Å². The maximum absolute atomic E-state index is 12.1. The summed E-state index contributed by atoms with van der Waals surface area (Å²) in [5.74, 6) is -0.191. The van der Waals surface area contributed by atoms with Gasteiger partial charge in [-0.1, -0.05) is 19.4 Å². The second-order valence-corrected chi connectivity index (χ2v) is 5.17. The van der Waals surface area contributed by atoms with Crippen LogP contribution in [0, 0.1) is 5.92 Å². The molecule has 0 heterocycles. The number of nitrogens with two attached hydrogens (primary N) is 1. The van der Waals surface area contributed by atoms with Crippen LogP contribution in [0.5, 0.6) is 0 Å². The van der Waals surface area contributed by atoms with Gasteiger partial charge < -0.3 is 16.4 Å². The van der Waals surface area contributed by atoms with Crippen molar-refractivity contribution in [2.75, 3.05) is 10.6 Å². The van der Waals surface area contributed by atoms with Gasteiger partial charge in [-0.05, 0) is 31.0 Å². The number of hydrogen-bond donors (Lipinski definition) is 3. The Kier molecular flexibility index (Phi) is 4.74. The molecule has 0 saturated heterocycles. The Balaban J connectivity index is 2.00. The monoisotopic (exact) mass is 275 g/mol. The summed E-state index contributed by atoms with van der Waals surface area (Å²) in [5, 5.41) is 5.64. The molecule has 108 valence electrons.